The monoisotopic (exact) mass is 300 g/mol. The largest absolute Gasteiger partial charge is 0.313 e. The Morgan fingerprint density at radius 2 is 1.90 bits per heavy atom. The molecule has 0 saturated heterocycles. The van der Waals surface area contributed by atoms with Gasteiger partial charge >= 0.3 is 0 Å². The van der Waals surface area contributed by atoms with Gasteiger partial charge in [-0.2, -0.15) is 0 Å². The predicted octanol–water partition coefficient (Wildman–Crippen LogP) is 3.68. The molecule has 0 aliphatic carbocycles. The molecule has 0 saturated carbocycles. The second-order valence-corrected chi connectivity index (χ2v) is 5.85. The van der Waals surface area contributed by atoms with Gasteiger partial charge in [-0.3, -0.25) is 0 Å². The van der Waals surface area contributed by atoms with E-state index in [0.29, 0.717) is 6.42 Å². The quantitative estimate of drug-likeness (QED) is 0.871. The molecule has 2 nitrogen and oxygen atoms in total. The molecule has 6 heteroatoms. The van der Waals surface area contributed by atoms with E-state index in [-0.39, 0.29) is 5.56 Å². The molecular formula is C14H15F3N2S. The summed E-state index contributed by atoms with van der Waals surface area (Å²) in [5.74, 6) is -3.76. The number of likely N-dealkylation sites (N-methyl/N-ethyl adjacent to an activating group) is 1. The van der Waals surface area contributed by atoms with E-state index < -0.39 is 23.5 Å². The zero-order valence-corrected chi connectivity index (χ0v) is 12.2. The van der Waals surface area contributed by atoms with Crippen molar-refractivity contribution in [3.05, 3.63) is 50.7 Å². The minimum absolute atomic E-state index is 0.108. The third-order valence-electron chi connectivity index (χ3n) is 3.24. The highest BCUT2D eigenvalue weighted by molar-refractivity contribution is 7.11. The van der Waals surface area contributed by atoms with Crippen molar-refractivity contribution in [2.45, 2.75) is 26.3 Å². The molecule has 0 aliphatic rings. The zero-order chi connectivity index (χ0) is 14.9. The number of aromatic nitrogens is 1. The fourth-order valence-electron chi connectivity index (χ4n) is 1.98. The molecule has 20 heavy (non-hydrogen) atoms. The van der Waals surface area contributed by atoms with Crippen molar-refractivity contribution >= 4 is 11.3 Å². The number of thiazole rings is 1. The van der Waals surface area contributed by atoms with Gasteiger partial charge in [0.2, 0.25) is 0 Å². The fourth-order valence-corrected chi connectivity index (χ4v) is 2.96. The Morgan fingerprint density at radius 1 is 1.20 bits per heavy atom. The van der Waals surface area contributed by atoms with E-state index in [1.807, 2.05) is 13.8 Å². The highest BCUT2D eigenvalue weighted by Gasteiger charge is 2.21. The van der Waals surface area contributed by atoms with Crippen molar-refractivity contribution in [3.63, 3.8) is 0 Å². The summed E-state index contributed by atoms with van der Waals surface area (Å²) in [5, 5.41) is 3.76. The van der Waals surface area contributed by atoms with Gasteiger partial charge in [-0.1, -0.05) is 6.07 Å². The number of halogens is 3. The van der Waals surface area contributed by atoms with Gasteiger partial charge in [0, 0.05) is 22.9 Å². The minimum atomic E-state index is -1.44. The van der Waals surface area contributed by atoms with Gasteiger partial charge < -0.3 is 5.32 Å². The number of hydrogen-bond acceptors (Lipinski definition) is 3. The summed E-state index contributed by atoms with van der Waals surface area (Å²) in [6, 6.07) is 1.76. The molecule has 2 aromatic rings. The van der Waals surface area contributed by atoms with Crippen molar-refractivity contribution in [1.29, 1.82) is 0 Å². The van der Waals surface area contributed by atoms with Crippen LogP contribution in [0.1, 0.15) is 27.2 Å². The lowest BCUT2D eigenvalue weighted by Crippen LogP contribution is -2.20. The molecule has 0 fully saturated rings. The standard InChI is InChI=1S/C14H15F3N2S/c1-7-8(2)20-12(19-7)6-11(18-3)9-4-5-10(15)14(17)13(9)16/h4-5,11,18H,6H2,1-3H3. The normalized spacial score (nSPS) is 12.7. The summed E-state index contributed by atoms with van der Waals surface area (Å²) in [4.78, 5) is 5.48. The SMILES string of the molecule is CNC(Cc1nc(C)c(C)s1)c1ccc(F)c(F)c1F. The van der Waals surface area contributed by atoms with Crippen LogP contribution in [0, 0.1) is 31.3 Å². The van der Waals surface area contributed by atoms with Gasteiger partial charge in [-0.15, -0.1) is 11.3 Å². The number of nitrogens with zero attached hydrogens (tertiary/aromatic N) is 1. The molecule has 2 rings (SSSR count). The summed E-state index contributed by atoms with van der Waals surface area (Å²) in [6.45, 7) is 3.87. The van der Waals surface area contributed by atoms with Crippen LogP contribution in [0.3, 0.4) is 0 Å². The average Bonchev–Trinajstić information content (AvgIpc) is 2.73. The Bertz CT molecular complexity index is 606. The van der Waals surface area contributed by atoms with Gasteiger partial charge in [0.1, 0.15) is 0 Å². The van der Waals surface area contributed by atoms with E-state index >= 15 is 0 Å². The lowest BCUT2D eigenvalue weighted by atomic mass is 10.0. The summed E-state index contributed by atoms with van der Waals surface area (Å²) in [6.07, 6.45) is 0.428. The van der Waals surface area contributed by atoms with Crippen LogP contribution in [0.2, 0.25) is 0 Å². The van der Waals surface area contributed by atoms with Crippen LogP contribution in [-0.4, -0.2) is 12.0 Å². The number of hydrogen-bond donors (Lipinski definition) is 1. The topological polar surface area (TPSA) is 24.9 Å². The minimum Gasteiger partial charge on any atom is -0.313 e. The van der Waals surface area contributed by atoms with Gasteiger partial charge in [0.15, 0.2) is 17.5 Å². The van der Waals surface area contributed by atoms with E-state index in [1.165, 1.54) is 17.4 Å². The molecule has 1 unspecified atom stereocenters. The Kier molecular flexibility index (Phi) is 4.45. The van der Waals surface area contributed by atoms with Crippen LogP contribution < -0.4 is 5.32 Å². The number of nitrogens with one attached hydrogen (secondary N) is 1. The van der Waals surface area contributed by atoms with Gasteiger partial charge in [0.25, 0.3) is 0 Å². The van der Waals surface area contributed by atoms with Crippen molar-refractivity contribution < 1.29 is 13.2 Å². The van der Waals surface area contributed by atoms with Gasteiger partial charge in [-0.05, 0) is 27.0 Å². The molecule has 0 spiro atoms. The van der Waals surface area contributed by atoms with E-state index in [2.05, 4.69) is 10.3 Å². The molecule has 0 radical (unpaired) electrons. The van der Waals surface area contributed by atoms with Gasteiger partial charge in [0.05, 0.1) is 10.7 Å². The second kappa shape index (κ2) is 5.93. The third kappa shape index (κ3) is 2.86. The van der Waals surface area contributed by atoms with Crippen LogP contribution in [0.5, 0.6) is 0 Å². The molecule has 0 amide bonds. The lowest BCUT2D eigenvalue weighted by Gasteiger charge is -2.16. The van der Waals surface area contributed by atoms with Crippen molar-refractivity contribution in [2.24, 2.45) is 0 Å². The maximum Gasteiger partial charge on any atom is 0.194 e. The molecule has 108 valence electrons. The zero-order valence-electron chi connectivity index (χ0n) is 11.4. The summed E-state index contributed by atoms with van der Waals surface area (Å²) >= 11 is 1.52. The van der Waals surface area contributed by atoms with Crippen LogP contribution >= 0.6 is 11.3 Å². The number of benzene rings is 1. The first kappa shape index (κ1) is 15.0. The first-order chi connectivity index (χ1) is 9.43. The molecular weight excluding hydrogens is 285 g/mol. The predicted molar refractivity (Wildman–Crippen MR) is 73.4 cm³/mol. The summed E-state index contributed by atoms with van der Waals surface area (Å²) in [5.41, 5.74) is 1.04. The maximum absolute atomic E-state index is 13.8. The third-order valence-corrected chi connectivity index (χ3v) is 4.34. The smallest absolute Gasteiger partial charge is 0.194 e. The van der Waals surface area contributed by atoms with Crippen LogP contribution in [-0.2, 0) is 6.42 Å². The van der Waals surface area contributed by atoms with E-state index in [0.717, 1.165) is 21.6 Å². The Morgan fingerprint density at radius 3 is 2.45 bits per heavy atom. The highest BCUT2D eigenvalue weighted by Crippen LogP contribution is 2.26. The van der Waals surface area contributed by atoms with E-state index in [9.17, 15) is 13.2 Å². The van der Waals surface area contributed by atoms with Crippen molar-refractivity contribution in [1.82, 2.24) is 10.3 Å². The molecule has 1 aromatic carbocycles. The van der Waals surface area contributed by atoms with Crippen LogP contribution in [0.15, 0.2) is 12.1 Å². The Hall–Kier alpha value is -1.40. The molecule has 0 bridgehead atoms. The first-order valence-electron chi connectivity index (χ1n) is 6.17. The maximum atomic E-state index is 13.8. The average molecular weight is 300 g/mol. The molecule has 1 heterocycles. The number of aryl methyl sites for hydroxylation is 2. The summed E-state index contributed by atoms with van der Waals surface area (Å²) < 4.78 is 40.1. The van der Waals surface area contributed by atoms with Crippen LogP contribution in [0.4, 0.5) is 13.2 Å². The molecule has 1 N–H and O–H groups in total. The number of rotatable bonds is 4. The van der Waals surface area contributed by atoms with E-state index in [4.69, 9.17) is 0 Å². The second-order valence-electron chi connectivity index (χ2n) is 4.56. The fraction of sp³-hybridized carbons (Fsp3) is 0.357. The molecule has 0 aliphatic heterocycles. The first-order valence-corrected chi connectivity index (χ1v) is 6.99. The summed E-state index contributed by atoms with van der Waals surface area (Å²) in [7, 11) is 1.65. The van der Waals surface area contributed by atoms with Crippen molar-refractivity contribution in [2.75, 3.05) is 7.05 Å². The highest BCUT2D eigenvalue weighted by atomic mass is 32.1. The van der Waals surface area contributed by atoms with Gasteiger partial charge in [-0.25, -0.2) is 18.2 Å². The lowest BCUT2D eigenvalue weighted by molar-refractivity contribution is 0.428. The van der Waals surface area contributed by atoms with Crippen LogP contribution in [0.25, 0.3) is 0 Å². The Labute approximate surface area is 119 Å². The molecule has 1 aromatic heterocycles. The van der Waals surface area contributed by atoms with Crippen molar-refractivity contribution in [3.8, 4) is 0 Å². The van der Waals surface area contributed by atoms with E-state index in [1.54, 1.807) is 7.05 Å². The molecule has 1 atom stereocenters. The Balaban J connectivity index is 2.31.